The molecule has 2 aliphatic carbocycles. The Balaban J connectivity index is 1.70. The van der Waals surface area contributed by atoms with Crippen LogP contribution < -0.4 is 5.32 Å². The number of hydrogen-bond donors (Lipinski definition) is 2. The van der Waals surface area contributed by atoms with E-state index in [1.807, 2.05) is 0 Å². The van der Waals surface area contributed by atoms with E-state index in [1.54, 1.807) is 5.56 Å². The maximum Gasteiger partial charge on any atom is 0.0459 e. The lowest BCUT2D eigenvalue weighted by atomic mass is 9.91. The quantitative estimate of drug-likeness (QED) is 0.864. The lowest BCUT2D eigenvalue weighted by Gasteiger charge is -2.23. The molecular weight excluding hydrogens is 232 g/mol. The van der Waals surface area contributed by atoms with Gasteiger partial charge < -0.3 is 10.3 Å². The summed E-state index contributed by atoms with van der Waals surface area (Å²) in [5.41, 5.74) is 5.84. The van der Waals surface area contributed by atoms with Gasteiger partial charge in [-0.3, -0.25) is 0 Å². The largest absolute Gasteiger partial charge is 0.358 e. The van der Waals surface area contributed by atoms with Crippen molar-refractivity contribution in [1.29, 1.82) is 0 Å². The summed E-state index contributed by atoms with van der Waals surface area (Å²) < 4.78 is 0. The van der Waals surface area contributed by atoms with E-state index in [1.165, 1.54) is 54.3 Å². The maximum atomic E-state index is 3.80. The van der Waals surface area contributed by atoms with Crippen molar-refractivity contribution >= 4 is 10.9 Å². The fourth-order valence-corrected chi connectivity index (χ4v) is 3.41. The van der Waals surface area contributed by atoms with Crippen LogP contribution in [0.15, 0.2) is 18.2 Å². The second kappa shape index (κ2) is 4.38. The number of hydrogen-bond acceptors (Lipinski definition) is 1. The van der Waals surface area contributed by atoms with Gasteiger partial charge in [0.15, 0.2) is 0 Å². The van der Waals surface area contributed by atoms with Crippen LogP contribution in [0, 0.1) is 0 Å². The van der Waals surface area contributed by atoms with Crippen LogP contribution in [0.5, 0.6) is 0 Å². The van der Waals surface area contributed by atoms with Crippen molar-refractivity contribution in [3.05, 3.63) is 35.0 Å². The van der Waals surface area contributed by atoms with Crippen LogP contribution in [0.4, 0.5) is 0 Å². The molecule has 2 nitrogen and oxygen atoms in total. The molecule has 1 heterocycles. The molecule has 1 saturated carbocycles. The van der Waals surface area contributed by atoms with Crippen LogP contribution in [0.3, 0.4) is 0 Å². The zero-order valence-corrected chi connectivity index (χ0v) is 11.6. The van der Waals surface area contributed by atoms with E-state index < -0.39 is 0 Å². The van der Waals surface area contributed by atoms with Crippen molar-refractivity contribution in [2.45, 2.75) is 57.5 Å². The fourth-order valence-electron chi connectivity index (χ4n) is 3.41. The van der Waals surface area contributed by atoms with Crippen LogP contribution in [-0.2, 0) is 19.3 Å². The zero-order chi connectivity index (χ0) is 12.8. The normalized spacial score (nSPS) is 22.7. The zero-order valence-electron chi connectivity index (χ0n) is 11.6. The molecule has 100 valence electrons. The minimum Gasteiger partial charge on any atom is -0.358 e. The highest BCUT2D eigenvalue weighted by Gasteiger charge is 2.28. The first-order valence-corrected chi connectivity index (χ1v) is 7.72. The topological polar surface area (TPSA) is 27.8 Å². The van der Waals surface area contributed by atoms with Crippen LogP contribution in [-0.4, -0.2) is 17.1 Å². The summed E-state index contributed by atoms with van der Waals surface area (Å²) in [6.45, 7) is 2.23. The SMILES string of the molecule is CCc1ccc2[nH]c3c(c2c1)CC(NC1CC1)CC3. The standard InChI is InChI=1S/C17H22N2/c1-2-11-3-7-16-14(9-11)15-10-13(18-12-4-5-12)6-8-17(15)19-16/h3,7,9,12-13,18-19H,2,4-6,8,10H2,1H3. The minimum absolute atomic E-state index is 0.698. The number of fused-ring (bicyclic) bond motifs is 3. The molecule has 2 heteroatoms. The van der Waals surface area contributed by atoms with E-state index >= 15 is 0 Å². The molecule has 0 spiro atoms. The molecule has 0 radical (unpaired) electrons. The monoisotopic (exact) mass is 254 g/mol. The predicted molar refractivity (Wildman–Crippen MR) is 79.6 cm³/mol. The molecule has 1 aromatic carbocycles. The molecule has 1 atom stereocenters. The minimum atomic E-state index is 0.698. The summed E-state index contributed by atoms with van der Waals surface area (Å²) >= 11 is 0. The van der Waals surface area contributed by atoms with Crippen molar-refractivity contribution in [1.82, 2.24) is 10.3 Å². The average Bonchev–Trinajstić information content (AvgIpc) is 3.18. The fraction of sp³-hybridized carbons (Fsp3) is 0.529. The maximum absolute atomic E-state index is 3.80. The van der Waals surface area contributed by atoms with Gasteiger partial charge in [-0.1, -0.05) is 13.0 Å². The second-order valence-electron chi connectivity index (χ2n) is 6.20. The Hall–Kier alpha value is -1.28. The summed E-state index contributed by atoms with van der Waals surface area (Å²) in [4.78, 5) is 3.63. The van der Waals surface area contributed by atoms with Gasteiger partial charge in [0.05, 0.1) is 0 Å². The van der Waals surface area contributed by atoms with E-state index in [-0.39, 0.29) is 0 Å². The molecule has 2 aliphatic rings. The molecule has 0 amide bonds. The Morgan fingerprint density at radius 2 is 2.11 bits per heavy atom. The lowest BCUT2D eigenvalue weighted by Crippen LogP contribution is -2.35. The predicted octanol–water partition coefficient (Wildman–Crippen LogP) is 3.34. The van der Waals surface area contributed by atoms with E-state index in [9.17, 15) is 0 Å². The van der Waals surface area contributed by atoms with E-state index in [4.69, 9.17) is 0 Å². The Bertz CT molecular complexity index is 607. The summed E-state index contributed by atoms with van der Waals surface area (Å²) in [6, 6.07) is 8.43. The van der Waals surface area contributed by atoms with Gasteiger partial charge in [0.25, 0.3) is 0 Å². The van der Waals surface area contributed by atoms with Crippen LogP contribution in [0.1, 0.15) is 43.0 Å². The van der Waals surface area contributed by atoms with Crippen molar-refractivity contribution in [3.63, 3.8) is 0 Å². The van der Waals surface area contributed by atoms with Gasteiger partial charge in [0, 0.05) is 28.7 Å². The van der Waals surface area contributed by atoms with Crippen molar-refractivity contribution in [2.24, 2.45) is 0 Å². The van der Waals surface area contributed by atoms with Crippen molar-refractivity contribution in [3.8, 4) is 0 Å². The Labute approximate surface area is 114 Å². The molecule has 1 aromatic heterocycles. The number of H-pyrrole nitrogens is 1. The average molecular weight is 254 g/mol. The Morgan fingerprint density at radius 1 is 1.21 bits per heavy atom. The number of benzene rings is 1. The highest BCUT2D eigenvalue weighted by molar-refractivity contribution is 5.85. The first-order chi connectivity index (χ1) is 9.33. The summed E-state index contributed by atoms with van der Waals surface area (Å²) in [5, 5.41) is 5.27. The highest BCUT2D eigenvalue weighted by Crippen LogP contribution is 2.31. The second-order valence-corrected chi connectivity index (χ2v) is 6.20. The van der Waals surface area contributed by atoms with E-state index in [0.717, 1.165) is 12.5 Å². The van der Waals surface area contributed by atoms with Gasteiger partial charge in [-0.05, 0) is 61.8 Å². The molecule has 1 fully saturated rings. The van der Waals surface area contributed by atoms with Gasteiger partial charge in [-0.2, -0.15) is 0 Å². The number of rotatable bonds is 3. The summed E-state index contributed by atoms with van der Waals surface area (Å²) in [6.07, 6.45) is 7.60. The number of aromatic nitrogens is 1. The molecule has 2 N–H and O–H groups in total. The number of nitrogens with one attached hydrogen (secondary N) is 2. The van der Waals surface area contributed by atoms with Crippen molar-refractivity contribution in [2.75, 3.05) is 0 Å². The van der Waals surface area contributed by atoms with Gasteiger partial charge in [0.1, 0.15) is 0 Å². The van der Waals surface area contributed by atoms with Gasteiger partial charge in [0.2, 0.25) is 0 Å². The van der Waals surface area contributed by atoms with Crippen LogP contribution >= 0.6 is 0 Å². The van der Waals surface area contributed by atoms with E-state index in [2.05, 4.69) is 35.4 Å². The lowest BCUT2D eigenvalue weighted by molar-refractivity contribution is 0.455. The van der Waals surface area contributed by atoms with Gasteiger partial charge in [-0.15, -0.1) is 0 Å². The number of aryl methyl sites for hydroxylation is 2. The summed E-state index contributed by atoms with van der Waals surface area (Å²) in [7, 11) is 0. The third-order valence-corrected chi connectivity index (χ3v) is 4.71. The molecule has 19 heavy (non-hydrogen) atoms. The third kappa shape index (κ3) is 2.08. The first-order valence-electron chi connectivity index (χ1n) is 7.72. The van der Waals surface area contributed by atoms with Gasteiger partial charge >= 0.3 is 0 Å². The molecule has 2 aromatic rings. The van der Waals surface area contributed by atoms with Crippen LogP contribution in [0.2, 0.25) is 0 Å². The first kappa shape index (κ1) is 11.5. The molecular formula is C17H22N2. The van der Waals surface area contributed by atoms with Gasteiger partial charge in [-0.25, -0.2) is 0 Å². The van der Waals surface area contributed by atoms with Crippen molar-refractivity contribution < 1.29 is 0 Å². The number of aromatic amines is 1. The highest BCUT2D eigenvalue weighted by atomic mass is 15.0. The smallest absolute Gasteiger partial charge is 0.0459 e. The van der Waals surface area contributed by atoms with E-state index in [0.29, 0.717) is 6.04 Å². The molecule has 0 aliphatic heterocycles. The molecule has 1 unspecified atom stereocenters. The Kier molecular flexibility index (Phi) is 2.66. The third-order valence-electron chi connectivity index (χ3n) is 4.71. The Morgan fingerprint density at radius 3 is 2.89 bits per heavy atom. The molecule has 4 rings (SSSR count). The molecule has 0 saturated heterocycles. The summed E-state index contributed by atoms with van der Waals surface area (Å²) in [5.74, 6) is 0. The van der Waals surface area contributed by atoms with Crippen LogP contribution in [0.25, 0.3) is 10.9 Å². The molecule has 0 bridgehead atoms.